The SMILES string of the molecule is COCCCn1c(=O)[nH]c(=O)c2c1nc(CN)n2C. The van der Waals surface area contributed by atoms with Crippen LogP contribution >= 0.6 is 0 Å². The smallest absolute Gasteiger partial charge is 0.330 e. The predicted octanol–water partition coefficient (Wildman–Crippen LogP) is -1.08. The monoisotopic (exact) mass is 267 g/mol. The lowest BCUT2D eigenvalue weighted by molar-refractivity contribution is 0.190. The average molecular weight is 267 g/mol. The molecule has 0 aliphatic heterocycles. The second kappa shape index (κ2) is 5.37. The van der Waals surface area contributed by atoms with Gasteiger partial charge in [-0.15, -0.1) is 0 Å². The van der Waals surface area contributed by atoms with Crippen molar-refractivity contribution in [3.05, 3.63) is 26.7 Å². The Morgan fingerprint density at radius 3 is 2.79 bits per heavy atom. The molecule has 2 aromatic rings. The molecule has 2 rings (SSSR count). The minimum atomic E-state index is -0.463. The lowest BCUT2D eigenvalue weighted by atomic mass is 10.4. The summed E-state index contributed by atoms with van der Waals surface area (Å²) in [6.45, 7) is 1.17. The number of aromatic nitrogens is 4. The minimum Gasteiger partial charge on any atom is -0.385 e. The Morgan fingerprint density at radius 2 is 2.16 bits per heavy atom. The first-order valence-electron chi connectivity index (χ1n) is 5.97. The molecule has 19 heavy (non-hydrogen) atoms. The van der Waals surface area contributed by atoms with Gasteiger partial charge in [0.05, 0.1) is 6.54 Å². The van der Waals surface area contributed by atoms with Gasteiger partial charge in [0.15, 0.2) is 11.2 Å². The molecule has 0 fully saturated rings. The van der Waals surface area contributed by atoms with Gasteiger partial charge in [0.1, 0.15) is 5.82 Å². The fourth-order valence-corrected chi connectivity index (χ4v) is 2.05. The summed E-state index contributed by atoms with van der Waals surface area (Å²) in [5.41, 5.74) is 5.39. The molecule has 8 nitrogen and oxygen atoms in total. The molecule has 0 bridgehead atoms. The van der Waals surface area contributed by atoms with Gasteiger partial charge in [-0.25, -0.2) is 9.78 Å². The third-order valence-corrected chi connectivity index (χ3v) is 3.02. The predicted molar refractivity (Wildman–Crippen MR) is 70.0 cm³/mol. The Kier molecular flexibility index (Phi) is 3.82. The van der Waals surface area contributed by atoms with Gasteiger partial charge in [-0.1, -0.05) is 0 Å². The number of nitrogens with two attached hydrogens (primary N) is 1. The lowest BCUT2D eigenvalue weighted by Gasteiger charge is -2.05. The quantitative estimate of drug-likeness (QED) is 0.670. The van der Waals surface area contributed by atoms with Crippen molar-refractivity contribution in [1.29, 1.82) is 0 Å². The first-order chi connectivity index (χ1) is 9.10. The number of imidazole rings is 1. The highest BCUT2D eigenvalue weighted by Crippen LogP contribution is 2.09. The van der Waals surface area contributed by atoms with Crippen LogP contribution in [0, 0.1) is 0 Å². The number of fused-ring (bicyclic) bond motifs is 1. The van der Waals surface area contributed by atoms with Crippen molar-refractivity contribution in [3.63, 3.8) is 0 Å². The van der Waals surface area contributed by atoms with Crippen molar-refractivity contribution in [2.45, 2.75) is 19.5 Å². The van der Waals surface area contributed by atoms with E-state index in [9.17, 15) is 9.59 Å². The van der Waals surface area contributed by atoms with E-state index in [-0.39, 0.29) is 6.54 Å². The average Bonchev–Trinajstić information content (AvgIpc) is 2.71. The van der Waals surface area contributed by atoms with Crippen LogP contribution in [0.25, 0.3) is 11.2 Å². The number of ether oxygens (including phenoxy) is 1. The Hall–Kier alpha value is -1.93. The van der Waals surface area contributed by atoms with Crippen LogP contribution in [0.4, 0.5) is 0 Å². The molecule has 0 radical (unpaired) electrons. The molecule has 0 saturated heterocycles. The Bertz CT molecular complexity index is 697. The Morgan fingerprint density at radius 1 is 1.42 bits per heavy atom. The van der Waals surface area contributed by atoms with Gasteiger partial charge in [-0.2, -0.15) is 0 Å². The zero-order chi connectivity index (χ0) is 14.0. The van der Waals surface area contributed by atoms with Crippen LogP contribution in [0.3, 0.4) is 0 Å². The molecule has 3 N–H and O–H groups in total. The molecule has 0 unspecified atom stereocenters. The zero-order valence-corrected chi connectivity index (χ0v) is 11.0. The Labute approximate surface area is 108 Å². The molecule has 0 aromatic carbocycles. The highest BCUT2D eigenvalue weighted by molar-refractivity contribution is 5.70. The third kappa shape index (κ3) is 2.32. The highest BCUT2D eigenvalue weighted by atomic mass is 16.5. The van der Waals surface area contributed by atoms with Crippen LogP contribution in [-0.2, 0) is 24.9 Å². The summed E-state index contributed by atoms with van der Waals surface area (Å²) in [5.74, 6) is 0.562. The largest absolute Gasteiger partial charge is 0.385 e. The van der Waals surface area contributed by atoms with Gasteiger partial charge in [0.2, 0.25) is 0 Å². The molecule has 2 heterocycles. The normalized spacial score (nSPS) is 11.3. The molecule has 0 atom stereocenters. The van der Waals surface area contributed by atoms with E-state index >= 15 is 0 Å². The van der Waals surface area contributed by atoms with E-state index in [1.807, 2.05) is 0 Å². The number of methoxy groups -OCH3 is 1. The van der Waals surface area contributed by atoms with E-state index in [0.29, 0.717) is 36.6 Å². The minimum absolute atomic E-state index is 0.205. The molecule has 8 heteroatoms. The molecule has 0 aliphatic carbocycles. The molecular weight excluding hydrogens is 250 g/mol. The number of hydrogen-bond donors (Lipinski definition) is 2. The first kappa shape index (κ1) is 13.5. The second-order valence-corrected chi connectivity index (χ2v) is 4.22. The van der Waals surface area contributed by atoms with E-state index in [1.165, 1.54) is 4.57 Å². The standard InChI is InChI=1S/C11H17N5O3/c1-15-7(6-12)13-9-8(15)10(17)14-11(18)16(9)4-3-5-19-2/h3-6,12H2,1-2H3,(H,14,17,18). The van der Waals surface area contributed by atoms with Crippen molar-refractivity contribution in [3.8, 4) is 0 Å². The number of nitrogens with zero attached hydrogens (tertiary/aromatic N) is 3. The highest BCUT2D eigenvalue weighted by Gasteiger charge is 2.15. The number of H-pyrrole nitrogens is 1. The van der Waals surface area contributed by atoms with Gasteiger partial charge in [-0.3, -0.25) is 14.3 Å². The fourth-order valence-electron chi connectivity index (χ4n) is 2.05. The van der Waals surface area contributed by atoms with Crippen LogP contribution in [0.15, 0.2) is 9.59 Å². The molecule has 0 aliphatic rings. The van der Waals surface area contributed by atoms with Crippen LogP contribution in [0.1, 0.15) is 12.2 Å². The number of aryl methyl sites for hydroxylation is 2. The molecular formula is C11H17N5O3. The number of nitrogens with one attached hydrogen (secondary N) is 1. The van der Waals surface area contributed by atoms with Crippen LogP contribution in [-0.4, -0.2) is 32.8 Å². The van der Waals surface area contributed by atoms with E-state index in [4.69, 9.17) is 10.5 Å². The summed E-state index contributed by atoms with van der Waals surface area (Å²) < 4.78 is 8.01. The summed E-state index contributed by atoms with van der Waals surface area (Å²) >= 11 is 0. The van der Waals surface area contributed by atoms with Gasteiger partial charge < -0.3 is 15.0 Å². The number of hydrogen-bond acceptors (Lipinski definition) is 5. The van der Waals surface area contributed by atoms with E-state index in [1.54, 1.807) is 18.7 Å². The van der Waals surface area contributed by atoms with Gasteiger partial charge in [-0.05, 0) is 6.42 Å². The van der Waals surface area contributed by atoms with Crippen molar-refractivity contribution in [2.24, 2.45) is 12.8 Å². The topological polar surface area (TPSA) is 108 Å². The summed E-state index contributed by atoms with van der Waals surface area (Å²) in [5, 5.41) is 0. The van der Waals surface area contributed by atoms with Crippen LogP contribution in [0.2, 0.25) is 0 Å². The maximum atomic E-state index is 11.8. The van der Waals surface area contributed by atoms with Crippen LogP contribution in [0.5, 0.6) is 0 Å². The summed E-state index contributed by atoms with van der Waals surface area (Å²) in [6, 6.07) is 0. The van der Waals surface area contributed by atoms with E-state index < -0.39 is 11.2 Å². The van der Waals surface area contributed by atoms with Crippen molar-refractivity contribution in [2.75, 3.05) is 13.7 Å². The van der Waals surface area contributed by atoms with E-state index in [0.717, 1.165) is 0 Å². The summed E-state index contributed by atoms with van der Waals surface area (Å²) in [7, 11) is 3.30. The molecule has 104 valence electrons. The zero-order valence-electron chi connectivity index (χ0n) is 11.0. The molecule has 0 spiro atoms. The van der Waals surface area contributed by atoms with Gasteiger partial charge in [0.25, 0.3) is 5.56 Å². The van der Waals surface area contributed by atoms with Gasteiger partial charge in [0, 0.05) is 27.3 Å². The van der Waals surface area contributed by atoms with Crippen molar-refractivity contribution in [1.82, 2.24) is 19.1 Å². The summed E-state index contributed by atoms with van der Waals surface area (Å²) in [4.78, 5) is 30.2. The summed E-state index contributed by atoms with van der Waals surface area (Å²) in [6.07, 6.45) is 0.659. The third-order valence-electron chi connectivity index (χ3n) is 3.02. The Balaban J connectivity index is 2.62. The van der Waals surface area contributed by atoms with E-state index in [2.05, 4.69) is 9.97 Å². The second-order valence-electron chi connectivity index (χ2n) is 4.22. The van der Waals surface area contributed by atoms with Crippen molar-refractivity contribution < 1.29 is 4.74 Å². The maximum absolute atomic E-state index is 11.8. The molecule has 0 amide bonds. The molecule has 2 aromatic heterocycles. The first-order valence-corrected chi connectivity index (χ1v) is 5.97. The maximum Gasteiger partial charge on any atom is 0.330 e. The van der Waals surface area contributed by atoms with Crippen LogP contribution < -0.4 is 17.0 Å². The molecule has 0 saturated carbocycles. The fraction of sp³-hybridized carbons (Fsp3) is 0.545. The number of rotatable bonds is 5. The number of aromatic amines is 1. The lowest BCUT2D eigenvalue weighted by Crippen LogP contribution is -2.31. The van der Waals surface area contributed by atoms with Crippen molar-refractivity contribution >= 4 is 11.2 Å². The van der Waals surface area contributed by atoms with Gasteiger partial charge >= 0.3 is 5.69 Å².